The second kappa shape index (κ2) is 5.60. The first-order valence-corrected chi connectivity index (χ1v) is 7.30. The van der Waals surface area contributed by atoms with Crippen molar-refractivity contribution in [3.05, 3.63) is 27.4 Å². The first-order chi connectivity index (χ1) is 8.58. The van der Waals surface area contributed by atoms with E-state index in [0.717, 1.165) is 16.3 Å². The molecule has 2 aromatic heterocycles. The molecule has 0 aliphatic heterocycles. The third kappa shape index (κ3) is 2.95. The molecule has 1 atom stereocenters. The highest BCUT2D eigenvalue weighted by molar-refractivity contribution is 7.17. The zero-order valence-electron chi connectivity index (χ0n) is 10.1. The Hall–Kier alpha value is -1.24. The first kappa shape index (κ1) is 13.2. The Bertz CT molecular complexity index is 532. The normalized spacial score (nSPS) is 12.4. The minimum Gasteiger partial charge on any atom is -0.392 e. The molecule has 0 spiro atoms. The van der Waals surface area contributed by atoms with E-state index in [-0.39, 0.29) is 12.5 Å². The summed E-state index contributed by atoms with van der Waals surface area (Å²) in [5.41, 5.74) is 1.77. The van der Waals surface area contributed by atoms with Gasteiger partial charge in [-0.2, -0.15) is 11.3 Å². The molecule has 0 unspecified atom stereocenters. The number of hydrogen-bond acceptors (Lipinski definition) is 5. The zero-order valence-corrected chi connectivity index (χ0v) is 11.8. The van der Waals surface area contributed by atoms with E-state index in [1.807, 2.05) is 23.8 Å². The number of thiazole rings is 1. The number of aromatic nitrogens is 1. The number of aliphatic hydroxyl groups is 1. The molecule has 2 aromatic rings. The van der Waals surface area contributed by atoms with E-state index >= 15 is 0 Å². The first-order valence-electron chi connectivity index (χ1n) is 5.54. The van der Waals surface area contributed by atoms with Crippen LogP contribution in [0.1, 0.15) is 22.3 Å². The highest BCUT2D eigenvalue weighted by Gasteiger charge is 2.16. The molecule has 0 aliphatic carbocycles. The summed E-state index contributed by atoms with van der Waals surface area (Å²) in [7, 11) is 0. The van der Waals surface area contributed by atoms with Gasteiger partial charge in [0.25, 0.3) is 5.91 Å². The maximum absolute atomic E-state index is 11.9. The second-order valence-electron chi connectivity index (χ2n) is 4.00. The van der Waals surface area contributed by atoms with Gasteiger partial charge in [0.2, 0.25) is 0 Å². The number of nitrogens with zero attached hydrogens (tertiary/aromatic N) is 1. The molecule has 0 saturated carbocycles. The van der Waals surface area contributed by atoms with Gasteiger partial charge in [-0.3, -0.25) is 4.79 Å². The van der Waals surface area contributed by atoms with E-state index in [1.54, 1.807) is 18.3 Å². The van der Waals surface area contributed by atoms with Gasteiger partial charge in [-0.25, -0.2) is 4.98 Å². The van der Waals surface area contributed by atoms with E-state index in [0.29, 0.717) is 4.88 Å². The van der Waals surface area contributed by atoms with Gasteiger partial charge in [0.15, 0.2) is 0 Å². The molecule has 0 bridgehead atoms. The number of aryl methyl sites for hydroxylation is 1. The largest absolute Gasteiger partial charge is 0.392 e. The van der Waals surface area contributed by atoms with Crippen LogP contribution in [0.3, 0.4) is 0 Å². The summed E-state index contributed by atoms with van der Waals surface area (Å²) < 4.78 is 0. The van der Waals surface area contributed by atoms with Crippen molar-refractivity contribution in [3.8, 4) is 10.6 Å². The second-order valence-corrected chi connectivity index (χ2v) is 5.78. The fourth-order valence-electron chi connectivity index (χ4n) is 1.44. The quantitative estimate of drug-likeness (QED) is 0.904. The summed E-state index contributed by atoms with van der Waals surface area (Å²) in [6.45, 7) is 3.71. The minimum atomic E-state index is -0.543. The van der Waals surface area contributed by atoms with Crippen LogP contribution in [0.25, 0.3) is 10.6 Å². The Morgan fingerprint density at radius 1 is 1.61 bits per heavy atom. The SMILES string of the molecule is Cc1nc(-c2ccsc2)sc1C(=O)NC[C@@H](C)O. The number of carbonyl (C=O) groups is 1. The van der Waals surface area contributed by atoms with Crippen LogP contribution in [0.15, 0.2) is 16.8 Å². The molecule has 18 heavy (non-hydrogen) atoms. The molecule has 0 saturated heterocycles. The van der Waals surface area contributed by atoms with Crippen molar-refractivity contribution < 1.29 is 9.90 Å². The van der Waals surface area contributed by atoms with Crippen molar-refractivity contribution in [3.63, 3.8) is 0 Å². The minimum absolute atomic E-state index is 0.174. The highest BCUT2D eigenvalue weighted by atomic mass is 32.1. The average molecular weight is 282 g/mol. The summed E-state index contributed by atoms with van der Waals surface area (Å²) in [5, 5.41) is 16.7. The summed E-state index contributed by atoms with van der Waals surface area (Å²) in [6.07, 6.45) is -0.543. The van der Waals surface area contributed by atoms with Crippen LogP contribution in [0.4, 0.5) is 0 Å². The molecule has 0 aromatic carbocycles. The monoisotopic (exact) mass is 282 g/mol. The number of thiophene rings is 1. The molecule has 4 nitrogen and oxygen atoms in total. The van der Waals surface area contributed by atoms with E-state index in [9.17, 15) is 4.79 Å². The smallest absolute Gasteiger partial charge is 0.263 e. The third-order valence-corrected chi connectivity index (χ3v) is 4.22. The predicted molar refractivity (Wildman–Crippen MR) is 74.2 cm³/mol. The van der Waals surface area contributed by atoms with E-state index in [1.165, 1.54) is 11.3 Å². The Morgan fingerprint density at radius 2 is 2.39 bits per heavy atom. The molecule has 2 rings (SSSR count). The fraction of sp³-hybridized carbons (Fsp3) is 0.333. The van der Waals surface area contributed by atoms with Gasteiger partial charge in [0.1, 0.15) is 9.88 Å². The molecular formula is C12H14N2O2S2. The maximum atomic E-state index is 11.9. The van der Waals surface area contributed by atoms with Gasteiger partial charge in [0.05, 0.1) is 11.8 Å². The lowest BCUT2D eigenvalue weighted by Gasteiger charge is -2.05. The van der Waals surface area contributed by atoms with E-state index < -0.39 is 6.10 Å². The number of nitrogens with one attached hydrogen (secondary N) is 1. The van der Waals surface area contributed by atoms with Crippen LogP contribution in [0, 0.1) is 6.92 Å². The summed E-state index contributed by atoms with van der Waals surface area (Å²) in [5.74, 6) is -0.174. The Labute approximate surface area is 113 Å². The molecule has 96 valence electrons. The van der Waals surface area contributed by atoms with Gasteiger partial charge in [-0.1, -0.05) is 0 Å². The van der Waals surface area contributed by atoms with Crippen LogP contribution < -0.4 is 5.32 Å². The fourth-order valence-corrected chi connectivity index (χ4v) is 3.13. The zero-order chi connectivity index (χ0) is 13.1. The Balaban J connectivity index is 2.17. The molecule has 0 aliphatic rings. The lowest BCUT2D eigenvalue weighted by Crippen LogP contribution is -2.30. The van der Waals surface area contributed by atoms with Crippen LogP contribution in [-0.4, -0.2) is 28.6 Å². The van der Waals surface area contributed by atoms with Gasteiger partial charge in [-0.05, 0) is 25.3 Å². The molecule has 1 amide bonds. The van der Waals surface area contributed by atoms with Crippen LogP contribution in [-0.2, 0) is 0 Å². The molecule has 0 radical (unpaired) electrons. The number of carbonyl (C=O) groups excluding carboxylic acids is 1. The number of hydrogen-bond donors (Lipinski definition) is 2. The predicted octanol–water partition coefficient (Wildman–Crippen LogP) is 2.29. The number of rotatable bonds is 4. The van der Waals surface area contributed by atoms with Crippen LogP contribution in [0.2, 0.25) is 0 Å². The van der Waals surface area contributed by atoms with Crippen LogP contribution >= 0.6 is 22.7 Å². The molecule has 2 heterocycles. The van der Waals surface area contributed by atoms with E-state index in [4.69, 9.17) is 5.11 Å². The maximum Gasteiger partial charge on any atom is 0.263 e. The van der Waals surface area contributed by atoms with E-state index in [2.05, 4.69) is 10.3 Å². The van der Waals surface area contributed by atoms with Crippen molar-refractivity contribution in [1.29, 1.82) is 0 Å². The van der Waals surface area contributed by atoms with Crippen molar-refractivity contribution in [2.45, 2.75) is 20.0 Å². The van der Waals surface area contributed by atoms with Crippen molar-refractivity contribution in [2.75, 3.05) is 6.54 Å². The van der Waals surface area contributed by atoms with Crippen molar-refractivity contribution in [2.24, 2.45) is 0 Å². The summed E-state index contributed by atoms with van der Waals surface area (Å²) >= 11 is 2.98. The summed E-state index contributed by atoms with van der Waals surface area (Å²) in [4.78, 5) is 16.9. The lowest BCUT2D eigenvalue weighted by atomic mass is 10.3. The van der Waals surface area contributed by atoms with Gasteiger partial charge >= 0.3 is 0 Å². The van der Waals surface area contributed by atoms with Gasteiger partial charge < -0.3 is 10.4 Å². The Kier molecular flexibility index (Phi) is 4.11. The number of aliphatic hydroxyl groups excluding tert-OH is 1. The summed E-state index contributed by atoms with van der Waals surface area (Å²) in [6, 6.07) is 1.99. The van der Waals surface area contributed by atoms with Gasteiger partial charge in [-0.15, -0.1) is 11.3 Å². The highest BCUT2D eigenvalue weighted by Crippen LogP contribution is 2.29. The van der Waals surface area contributed by atoms with Gasteiger partial charge in [0, 0.05) is 17.5 Å². The average Bonchev–Trinajstić information content (AvgIpc) is 2.94. The third-order valence-electron chi connectivity index (χ3n) is 2.33. The molecule has 0 fully saturated rings. The lowest BCUT2D eigenvalue weighted by molar-refractivity contribution is 0.0927. The van der Waals surface area contributed by atoms with Crippen molar-refractivity contribution in [1.82, 2.24) is 10.3 Å². The number of amides is 1. The molecule has 6 heteroatoms. The van der Waals surface area contributed by atoms with Crippen molar-refractivity contribution >= 4 is 28.6 Å². The van der Waals surface area contributed by atoms with Crippen LogP contribution in [0.5, 0.6) is 0 Å². The topological polar surface area (TPSA) is 62.2 Å². The standard InChI is InChI=1S/C12H14N2O2S2/c1-7(15)5-13-11(16)10-8(2)14-12(18-10)9-3-4-17-6-9/h3-4,6-7,15H,5H2,1-2H3,(H,13,16)/t7-/m1/s1. The molecule has 2 N–H and O–H groups in total. The Morgan fingerprint density at radius 3 is 3.00 bits per heavy atom. The molecular weight excluding hydrogens is 268 g/mol.